The summed E-state index contributed by atoms with van der Waals surface area (Å²) in [6, 6.07) is 0. The van der Waals surface area contributed by atoms with Crippen LogP contribution in [0.3, 0.4) is 0 Å². The SMILES string of the molecule is Cc1nnn(C)c1S(=O)(=O)Cl. The number of halogens is 1. The molecule has 1 rings (SSSR count). The van der Waals surface area contributed by atoms with Crippen LogP contribution in [0.25, 0.3) is 0 Å². The molecule has 0 aliphatic carbocycles. The van der Waals surface area contributed by atoms with Crippen molar-refractivity contribution >= 4 is 19.7 Å². The maximum Gasteiger partial charge on any atom is 0.280 e. The van der Waals surface area contributed by atoms with Crippen LogP contribution in [0.15, 0.2) is 5.03 Å². The van der Waals surface area contributed by atoms with Crippen LogP contribution >= 0.6 is 10.7 Å². The first kappa shape index (κ1) is 8.48. The molecular formula is C4H6ClN3O2S. The van der Waals surface area contributed by atoms with Gasteiger partial charge < -0.3 is 0 Å². The molecule has 11 heavy (non-hydrogen) atoms. The molecule has 1 aromatic heterocycles. The number of aryl methyl sites for hydroxylation is 2. The van der Waals surface area contributed by atoms with Crippen LogP contribution in [-0.4, -0.2) is 23.4 Å². The van der Waals surface area contributed by atoms with Gasteiger partial charge in [-0.3, -0.25) is 0 Å². The fraction of sp³-hybridized carbons (Fsp3) is 0.500. The zero-order chi connectivity index (χ0) is 8.65. The van der Waals surface area contributed by atoms with Crippen molar-refractivity contribution in [3.63, 3.8) is 0 Å². The van der Waals surface area contributed by atoms with Crippen molar-refractivity contribution in [3.05, 3.63) is 5.69 Å². The van der Waals surface area contributed by atoms with E-state index >= 15 is 0 Å². The van der Waals surface area contributed by atoms with Crippen LogP contribution in [0.1, 0.15) is 5.69 Å². The van der Waals surface area contributed by atoms with Crippen LogP contribution < -0.4 is 0 Å². The third kappa shape index (κ3) is 1.51. The zero-order valence-electron chi connectivity index (χ0n) is 5.94. The molecule has 62 valence electrons. The van der Waals surface area contributed by atoms with E-state index < -0.39 is 9.05 Å². The van der Waals surface area contributed by atoms with E-state index in [0.717, 1.165) is 4.68 Å². The molecule has 0 bridgehead atoms. The van der Waals surface area contributed by atoms with Crippen molar-refractivity contribution in [2.45, 2.75) is 11.9 Å². The maximum absolute atomic E-state index is 10.8. The van der Waals surface area contributed by atoms with Gasteiger partial charge in [0, 0.05) is 17.7 Å². The number of aromatic nitrogens is 3. The number of rotatable bonds is 1. The van der Waals surface area contributed by atoms with Gasteiger partial charge in [-0.25, -0.2) is 13.1 Å². The lowest BCUT2D eigenvalue weighted by Crippen LogP contribution is -2.02. The standard InChI is InChI=1S/C4H6ClN3O2S/c1-3-4(11(5,9)10)8(2)7-6-3/h1-2H3. The predicted molar refractivity (Wildman–Crippen MR) is 38.8 cm³/mol. The van der Waals surface area contributed by atoms with E-state index in [1.54, 1.807) is 0 Å². The van der Waals surface area contributed by atoms with Gasteiger partial charge in [0.15, 0.2) is 5.03 Å². The molecule has 1 aromatic rings. The molecule has 5 nitrogen and oxygen atoms in total. The first-order valence-corrected chi connectivity index (χ1v) is 5.05. The van der Waals surface area contributed by atoms with Gasteiger partial charge in [-0.1, -0.05) is 5.21 Å². The largest absolute Gasteiger partial charge is 0.280 e. The molecule has 0 aromatic carbocycles. The van der Waals surface area contributed by atoms with E-state index in [1.807, 2.05) is 0 Å². The highest BCUT2D eigenvalue weighted by atomic mass is 35.7. The molecular weight excluding hydrogens is 190 g/mol. The van der Waals surface area contributed by atoms with Crippen LogP contribution in [0, 0.1) is 6.92 Å². The molecule has 0 spiro atoms. The Balaban J connectivity index is 3.45. The molecule has 0 amide bonds. The summed E-state index contributed by atoms with van der Waals surface area (Å²) in [5.41, 5.74) is 0.308. The van der Waals surface area contributed by atoms with E-state index in [4.69, 9.17) is 10.7 Å². The molecule has 0 N–H and O–H groups in total. The van der Waals surface area contributed by atoms with Gasteiger partial charge in [-0.05, 0) is 6.92 Å². The summed E-state index contributed by atoms with van der Waals surface area (Å²) in [5.74, 6) is 0. The minimum Gasteiger partial charge on any atom is -0.236 e. The average molecular weight is 196 g/mol. The summed E-state index contributed by atoms with van der Waals surface area (Å²) >= 11 is 0. The summed E-state index contributed by atoms with van der Waals surface area (Å²) in [5, 5.41) is 6.96. The summed E-state index contributed by atoms with van der Waals surface area (Å²) in [4.78, 5) is 0. The van der Waals surface area contributed by atoms with E-state index in [-0.39, 0.29) is 5.03 Å². The van der Waals surface area contributed by atoms with Gasteiger partial charge in [-0.2, -0.15) is 0 Å². The fourth-order valence-corrected chi connectivity index (χ4v) is 2.17. The molecule has 0 saturated heterocycles. The highest BCUT2D eigenvalue weighted by molar-refractivity contribution is 8.13. The lowest BCUT2D eigenvalue weighted by atomic mass is 10.6. The summed E-state index contributed by atoms with van der Waals surface area (Å²) in [7, 11) is 2.84. The Hall–Kier alpha value is -0.620. The van der Waals surface area contributed by atoms with Crippen LogP contribution in [-0.2, 0) is 16.1 Å². The van der Waals surface area contributed by atoms with Crippen LogP contribution in [0.5, 0.6) is 0 Å². The second-order valence-electron chi connectivity index (χ2n) is 2.04. The molecule has 0 atom stereocenters. The smallest absolute Gasteiger partial charge is 0.236 e. The second kappa shape index (κ2) is 2.46. The van der Waals surface area contributed by atoms with Crippen molar-refractivity contribution in [2.24, 2.45) is 7.05 Å². The molecule has 1 heterocycles. The molecule has 0 radical (unpaired) electrons. The van der Waals surface area contributed by atoms with E-state index in [0.29, 0.717) is 5.69 Å². The summed E-state index contributed by atoms with van der Waals surface area (Å²) in [6.45, 7) is 1.53. The predicted octanol–water partition coefficient (Wildman–Crippen LogP) is 0.0510. The van der Waals surface area contributed by atoms with Gasteiger partial charge in [0.2, 0.25) is 0 Å². The topological polar surface area (TPSA) is 64.8 Å². The van der Waals surface area contributed by atoms with Gasteiger partial charge in [0.05, 0.1) is 5.69 Å². The minimum absolute atomic E-state index is 0.0563. The summed E-state index contributed by atoms with van der Waals surface area (Å²) < 4.78 is 22.7. The first-order valence-electron chi connectivity index (χ1n) is 2.74. The van der Waals surface area contributed by atoms with E-state index in [2.05, 4.69) is 10.3 Å². The lowest BCUT2D eigenvalue weighted by molar-refractivity contribution is 0.586. The Bertz CT molecular complexity index is 349. The number of hydrogen-bond acceptors (Lipinski definition) is 4. The molecule has 7 heteroatoms. The average Bonchev–Trinajstić information content (AvgIpc) is 2.08. The normalized spacial score (nSPS) is 11.9. The first-order chi connectivity index (χ1) is 4.93. The van der Waals surface area contributed by atoms with Gasteiger partial charge in [-0.15, -0.1) is 5.10 Å². The van der Waals surface area contributed by atoms with E-state index in [1.165, 1.54) is 14.0 Å². The highest BCUT2D eigenvalue weighted by Gasteiger charge is 2.19. The Morgan fingerprint density at radius 1 is 1.55 bits per heavy atom. The monoisotopic (exact) mass is 195 g/mol. The third-order valence-corrected chi connectivity index (χ3v) is 2.62. The molecule has 0 aliphatic rings. The number of nitrogens with zero attached hydrogens (tertiary/aromatic N) is 3. The quantitative estimate of drug-likeness (QED) is 0.594. The Kier molecular flexibility index (Phi) is 1.89. The lowest BCUT2D eigenvalue weighted by Gasteiger charge is -1.94. The Labute approximate surface area is 68.4 Å². The second-order valence-corrected chi connectivity index (χ2v) is 4.52. The molecule has 0 fully saturated rings. The highest BCUT2D eigenvalue weighted by Crippen LogP contribution is 2.15. The van der Waals surface area contributed by atoms with E-state index in [9.17, 15) is 8.42 Å². The Morgan fingerprint density at radius 3 is 2.27 bits per heavy atom. The third-order valence-electron chi connectivity index (χ3n) is 1.16. The van der Waals surface area contributed by atoms with Crippen molar-refractivity contribution in [1.82, 2.24) is 15.0 Å². The molecule has 0 saturated carbocycles. The maximum atomic E-state index is 10.8. The van der Waals surface area contributed by atoms with Gasteiger partial charge >= 0.3 is 0 Å². The van der Waals surface area contributed by atoms with Crippen molar-refractivity contribution in [1.29, 1.82) is 0 Å². The van der Waals surface area contributed by atoms with Crippen molar-refractivity contribution < 1.29 is 8.42 Å². The minimum atomic E-state index is -3.71. The molecule has 0 unspecified atom stereocenters. The number of hydrogen-bond donors (Lipinski definition) is 0. The van der Waals surface area contributed by atoms with Gasteiger partial charge in [0.1, 0.15) is 0 Å². The fourth-order valence-electron chi connectivity index (χ4n) is 0.786. The van der Waals surface area contributed by atoms with Crippen molar-refractivity contribution in [3.8, 4) is 0 Å². The van der Waals surface area contributed by atoms with Crippen LogP contribution in [0.4, 0.5) is 0 Å². The van der Waals surface area contributed by atoms with Gasteiger partial charge in [0.25, 0.3) is 9.05 Å². The molecule has 0 aliphatic heterocycles. The van der Waals surface area contributed by atoms with Crippen LogP contribution in [0.2, 0.25) is 0 Å². The zero-order valence-corrected chi connectivity index (χ0v) is 7.52. The van der Waals surface area contributed by atoms with Crippen molar-refractivity contribution in [2.75, 3.05) is 0 Å². The Morgan fingerprint density at radius 2 is 2.09 bits per heavy atom. The summed E-state index contributed by atoms with van der Waals surface area (Å²) in [6.07, 6.45) is 0.